The fourth-order valence-electron chi connectivity index (χ4n) is 5.15. The van der Waals surface area contributed by atoms with Crippen molar-refractivity contribution in [2.45, 2.75) is 31.5 Å². The molecule has 0 bridgehead atoms. The average Bonchev–Trinajstić information content (AvgIpc) is 3.47. The van der Waals surface area contributed by atoms with Crippen LogP contribution in [-0.2, 0) is 22.1 Å². The highest BCUT2D eigenvalue weighted by Gasteiger charge is 2.39. The summed E-state index contributed by atoms with van der Waals surface area (Å²) in [6, 6.07) is 4.63. The Balaban J connectivity index is 1.32. The van der Waals surface area contributed by atoms with Crippen LogP contribution < -0.4 is 5.73 Å². The Kier molecular flexibility index (Phi) is 7.11. The topological polar surface area (TPSA) is 123 Å². The second-order valence-electron chi connectivity index (χ2n) is 9.47. The van der Waals surface area contributed by atoms with Gasteiger partial charge < -0.3 is 19.9 Å². The Morgan fingerprint density at radius 3 is 2.68 bits per heavy atom. The number of benzene rings is 1. The number of piperidine rings is 1. The molecular formula is C24H28F3N7O4. The van der Waals surface area contributed by atoms with Crippen LogP contribution in [0, 0.1) is 0 Å². The number of alkyl halides is 3. The number of nitrogens with zero attached hydrogens (tertiary/aromatic N) is 6. The third kappa shape index (κ3) is 4.98. The van der Waals surface area contributed by atoms with Crippen LogP contribution in [0.4, 0.5) is 19.0 Å². The molecule has 2 saturated heterocycles. The van der Waals surface area contributed by atoms with Crippen molar-refractivity contribution < 1.29 is 32.0 Å². The van der Waals surface area contributed by atoms with E-state index in [0.717, 1.165) is 17.5 Å². The van der Waals surface area contributed by atoms with Crippen LogP contribution in [0.5, 0.6) is 0 Å². The van der Waals surface area contributed by atoms with Crippen LogP contribution in [0.2, 0.25) is 0 Å². The number of hydrogen-bond acceptors (Lipinski definition) is 9. The monoisotopic (exact) mass is 535 g/mol. The van der Waals surface area contributed by atoms with Gasteiger partial charge in [-0.15, -0.1) is 0 Å². The molecule has 204 valence electrons. The lowest BCUT2D eigenvalue weighted by atomic mass is 10.0. The maximum absolute atomic E-state index is 14.0. The molecule has 0 unspecified atom stereocenters. The number of hydrazine groups is 1. The molecule has 38 heavy (non-hydrogen) atoms. The van der Waals surface area contributed by atoms with E-state index in [4.69, 9.17) is 15.0 Å². The average molecular weight is 536 g/mol. The van der Waals surface area contributed by atoms with Gasteiger partial charge in [0.05, 0.1) is 24.2 Å². The van der Waals surface area contributed by atoms with Crippen LogP contribution in [0.1, 0.15) is 34.6 Å². The minimum Gasteiger partial charge on any atom is -0.380 e. The van der Waals surface area contributed by atoms with Crippen molar-refractivity contribution in [3.05, 3.63) is 35.2 Å². The Morgan fingerprint density at radius 1 is 1.24 bits per heavy atom. The second kappa shape index (κ2) is 10.3. The lowest BCUT2D eigenvalue weighted by molar-refractivity contribution is -0.168. The molecule has 2 aromatic heterocycles. The number of anilines is 1. The normalized spacial score (nSPS) is 18.1. The third-order valence-electron chi connectivity index (χ3n) is 7.21. The fourth-order valence-corrected chi connectivity index (χ4v) is 5.15. The number of aldehydes is 1. The number of ether oxygens (including phenoxy) is 1. The van der Waals surface area contributed by atoms with E-state index in [1.165, 1.54) is 18.2 Å². The lowest BCUT2D eigenvalue weighted by Crippen LogP contribution is -2.56. The number of morpholine rings is 1. The van der Waals surface area contributed by atoms with Gasteiger partial charge in [-0.25, -0.2) is 9.69 Å². The molecule has 4 heterocycles. The van der Waals surface area contributed by atoms with Gasteiger partial charge in [0.25, 0.3) is 5.91 Å². The zero-order valence-electron chi connectivity index (χ0n) is 20.8. The van der Waals surface area contributed by atoms with E-state index in [2.05, 4.69) is 10.3 Å². The number of carbonyl (C=O) groups excluding carboxylic acids is 2. The largest absolute Gasteiger partial charge is 0.435 e. The smallest absolute Gasteiger partial charge is 0.380 e. The number of rotatable bonds is 7. The van der Waals surface area contributed by atoms with Crippen molar-refractivity contribution in [2.24, 2.45) is 0 Å². The molecule has 14 heteroatoms. The number of nitrogen functional groups attached to an aromatic ring is 1. The van der Waals surface area contributed by atoms with Gasteiger partial charge in [-0.2, -0.15) is 18.3 Å². The summed E-state index contributed by atoms with van der Waals surface area (Å²) >= 11 is 0. The van der Waals surface area contributed by atoms with E-state index in [9.17, 15) is 22.8 Å². The minimum absolute atomic E-state index is 0.0147. The van der Waals surface area contributed by atoms with Gasteiger partial charge in [0.2, 0.25) is 0 Å². The van der Waals surface area contributed by atoms with E-state index < -0.39 is 11.9 Å². The molecule has 0 radical (unpaired) electrons. The molecule has 2 N–H and O–H groups in total. The molecule has 2 aliphatic heterocycles. The van der Waals surface area contributed by atoms with Gasteiger partial charge in [0.15, 0.2) is 23.4 Å². The molecule has 5 rings (SSSR count). The van der Waals surface area contributed by atoms with E-state index in [0.29, 0.717) is 50.0 Å². The Bertz CT molecular complexity index is 1330. The number of hydrogen-bond donors (Lipinski definition) is 1. The lowest BCUT2D eigenvalue weighted by Gasteiger charge is -2.43. The Morgan fingerprint density at radius 2 is 2.00 bits per heavy atom. The van der Waals surface area contributed by atoms with Crippen LogP contribution >= 0.6 is 0 Å². The number of carbonyl (C=O) groups is 2. The summed E-state index contributed by atoms with van der Waals surface area (Å²) in [7, 11) is 1.86. The standard InChI is InChI=1S/C24H28F3N7O4/c1-31(15-4-8-32(9-5-15)33-10-11-37-14-21(33)36)7-6-17-19(13-35)34(29-22(17)24(25,26)27)16-2-3-20-18(12-16)23(28)30-38-20/h2-3,12-13,15H,4-11,14H2,1H3,(H2,28,30). The van der Waals surface area contributed by atoms with Gasteiger partial charge in [0, 0.05) is 31.2 Å². The van der Waals surface area contributed by atoms with Crippen molar-refractivity contribution in [1.29, 1.82) is 0 Å². The zero-order valence-corrected chi connectivity index (χ0v) is 20.8. The van der Waals surface area contributed by atoms with Gasteiger partial charge in [-0.05, 0) is 44.5 Å². The Hall–Kier alpha value is -3.49. The number of halogens is 3. The molecule has 1 aromatic carbocycles. The number of nitrogens with two attached hydrogens (primary N) is 1. The summed E-state index contributed by atoms with van der Waals surface area (Å²) in [5.41, 5.74) is 4.98. The van der Waals surface area contributed by atoms with Crippen molar-refractivity contribution in [3.8, 4) is 5.69 Å². The van der Waals surface area contributed by atoms with E-state index in [-0.39, 0.29) is 47.7 Å². The summed E-state index contributed by atoms with van der Waals surface area (Å²) in [5.74, 6) is 0.0237. The first-order chi connectivity index (χ1) is 18.2. The second-order valence-corrected chi connectivity index (χ2v) is 9.47. The summed E-state index contributed by atoms with van der Waals surface area (Å²) in [4.78, 5) is 26.2. The van der Waals surface area contributed by atoms with Crippen molar-refractivity contribution in [1.82, 2.24) is 29.9 Å². The van der Waals surface area contributed by atoms with Gasteiger partial charge in [-0.1, -0.05) is 5.16 Å². The maximum Gasteiger partial charge on any atom is 0.435 e. The number of fused-ring (bicyclic) bond motifs is 1. The molecule has 2 aliphatic rings. The molecule has 0 saturated carbocycles. The van der Waals surface area contributed by atoms with Crippen LogP contribution in [0.3, 0.4) is 0 Å². The van der Waals surface area contributed by atoms with Crippen LogP contribution in [0.15, 0.2) is 22.7 Å². The molecule has 3 aromatic rings. The van der Waals surface area contributed by atoms with Crippen molar-refractivity contribution in [3.63, 3.8) is 0 Å². The zero-order chi connectivity index (χ0) is 27.0. The fraction of sp³-hybridized carbons (Fsp3) is 0.500. The number of amides is 1. The highest BCUT2D eigenvalue weighted by atomic mass is 19.4. The SMILES string of the molecule is CN(CCc1c(C(F)(F)F)nn(-c2ccc3onc(N)c3c2)c1C=O)C1CCN(N2CCOCC2=O)CC1. The Labute approximate surface area is 215 Å². The maximum atomic E-state index is 14.0. The first kappa shape index (κ1) is 26.1. The van der Waals surface area contributed by atoms with Gasteiger partial charge >= 0.3 is 6.18 Å². The van der Waals surface area contributed by atoms with E-state index in [1.54, 1.807) is 5.01 Å². The summed E-state index contributed by atoms with van der Waals surface area (Å²) in [6.45, 7) is 2.73. The highest BCUT2D eigenvalue weighted by Crippen LogP contribution is 2.34. The van der Waals surface area contributed by atoms with Crippen LogP contribution in [0.25, 0.3) is 16.7 Å². The summed E-state index contributed by atoms with van der Waals surface area (Å²) in [5, 5.41) is 11.6. The van der Waals surface area contributed by atoms with Gasteiger partial charge in [-0.3, -0.25) is 14.6 Å². The molecule has 0 spiro atoms. The molecular weight excluding hydrogens is 507 g/mol. The predicted octanol–water partition coefficient (Wildman–Crippen LogP) is 2.14. The quantitative estimate of drug-likeness (QED) is 0.453. The first-order valence-corrected chi connectivity index (χ1v) is 12.3. The summed E-state index contributed by atoms with van der Waals surface area (Å²) < 4.78 is 53.2. The van der Waals surface area contributed by atoms with Crippen molar-refractivity contribution >= 4 is 29.0 Å². The molecule has 2 fully saturated rings. The number of likely N-dealkylation sites (N-methyl/N-ethyl adjacent to an activating group) is 1. The van der Waals surface area contributed by atoms with Gasteiger partial charge in [0.1, 0.15) is 12.3 Å². The van der Waals surface area contributed by atoms with E-state index in [1.807, 2.05) is 17.0 Å². The molecule has 0 aliphatic carbocycles. The van der Waals surface area contributed by atoms with Crippen molar-refractivity contribution in [2.75, 3.05) is 52.2 Å². The first-order valence-electron chi connectivity index (χ1n) is 12.3. The molecule has 0 atom stereocenters. The van der Waals surface area contributed by atoms with E-state index >= 15 is 0 Å². The molecule has 11 nitrogen and oxygen atoms in total. The van der Waals surface area contributed by atoms with Crippen LogP contribution in [-0.4, -0.2) is 94.5 Å². The highest BCUT2D eigenvalue weighted by molar-refractivity contribution is 5.89. The number of aromatic nitrogens is 3. The summed E-state index contributed by atoms with van der Waals surface area (Å²) in [6.07, 6.45) is -2.84. The predicted molar refractivity (Wildman–Crippen MR) is 129 cm³/mol. The molecule has 1 amide bonds. The minimum atomic E-state index is -4.74. The third-order valence-corrected chi connectivity index (χ3v) is 7.21.